The standard InChI is InChI=1S/C13H13NOS/c1-8-6-10-13(11(15)7-8)16-12-5-3-2-4-9(12)14-10/h2-5,8,14H,6-7H2,1H3. The second-order valence-corrected chi connectivity index (χ2v) is 5.52. The molecule has 1 atom stereocenters. The van der Waals surface area contributed by atoms with E-state index in [9.17, 15) is 4.79 Å². The molecular weight excluding hydrogens is 218 g/mol. The number of thioether (sulfide) groups is 1. The largest absolute Gasteiger partial charge is 0.357 e. The van der Waals surface area contributed by atoms with Crippen LogP contribution in [0, 0.1) is 5.92 Å². The minimum absolute atomic E-state index is 0.292. The highest BCUT2D eigenvalue weighted by molar-refractivity contribution is 8.04. The monoisotopic (exact) mass is 231 g/mol. The molecule has 0 spiro atoms. The Balaban J connectivity index is 2.01. The lowest BCUT2D eigenvalue weighted by atomic mass is 9.92. The number of hydrogen-bond acceptors (Lipinski definition) is 3. The van der Waals surface area contributed by atoms with Gasteiger partial charge in [0.25, 0.3) is 0 Å². The van der Waals surface area contributed by atoms with Crippen LogP contribution in [0.5, 0.6) is 0 Å². The van der Waals surface area contributed by atoms with Crippen LogP contribution in [0.1, 0.15) is 19.8 Å². The Morgan fingerprint density at radius 1 is 1.31 bits per heavy atom. The minimum Gasteiger partial charge on any atom is -0.357 e. The fraction of sp³-hybridized carbons (Fsp3) is 0.308. The van der Waals surface area contributed by atoms with Crippen LogP contribution in [0.2, 0.25) is 0 Å². The molecule has 0 aromatic heterocycles. The maximum Gasteiger partial charge on any atom is 0.171 e. The van der Waals surface area contributed by atoms with Crippen molar-refractivity contribution in [3.05, 3.63) is 34.9 Å². The van der Waals surface area contributed by atoms with Crippen LogP contribution >= 0.6 is 11.8 Å². The van der Waals surface area contributed by atoms with Gasteiger partial charge in [-0.1, -0.05) is 30.8 Å². The second-order valence-electron chi connectivity index (χ2n) is 4.47. The summed E-state index contributed by atoms with van der Waals surface area (Å²) in [5.74, 6) is 0.755. The van der Waals surface area contributed by atoms with Crippen molar-refractivity contribution >= 4 is 23.2 Å². The number of allylic oxidation sites excluding steroid dienone is 2. The van der Waals surface area contributed by atoms with Gasteiger partial charge in [-0.3, -0.25) is 4.79 Å². The fourth-order valence-corrected chi connectivity index (χ4v) is 3.30. The molecule has 3 rings (SSSR count). The van der Waals surface area contributed by atoms with Crippen molar-refractivity contribution in [3.63, 3.8) is 0 Å². The Morgan fingerprint density at radius 2 is 2.12 bits per heavy atom. The van der Waals surface area contributed by atoms with Gasteiger partial charge in [0.1, 0.15) is 0 Å². The fourth-order valence-electron chi connectivity index (χ4n) is 2.25. The van der Waals surface area contributed by atoms with Crippen LogP contribution in [0.4, 0.5) is 5.69 Å². The normalized spacial score (nSPS) is 23.6. The zero-order chi connectivity index (χ0) is 11.1. The molecule has 1 aliphatic heterocycles. The van der Waals surface area contributed by atoms with Gasteiger partial charge in [0.2, 0.25) is 0 Å². The molecule has 1 heterocycles. The van der Waals surface area contributed by atoms with E-state index < -0.39 is 0 Å². The molecule has 1 N–H and O–H groups in total. The highest BCUT2D eigenvalue weighted by Gasteiger charge is 2.29. The maximum atomic E-state index is 11.9. The van der Waals surface area contributed by atoms with Crippen molar-refractivity contribution in [1.29, 1.82) is 0 Å². The Kier molecular flexibility index (Phi) is 2.28. The average Bonchev–Trinajstić information content (AvgIpc) is 2.27. The SMILES string of the molecule is CC1CC(=O)C2=C(C1)Nc1ccccc1S2. The molecule has 0 saturated carbocycles. The molecule has 1 unspecified atom stereocenters. The third-order valence-corrected chi connectivity index (χ3v) is 4.25. The van der Waals surface area contributed by atoms with E-state index in [0.717, 1.165) is 27.6 Å². The second kappa shape index (κ2) is 3.67. The van der Waals surface area contributed by atoms with Crippen molar-refractivity contribution < 1.29 is 4.79 Å². The molecule has 3 heteroatoms. The van der Waals surface area contributed by atoms with Crippen molar-refractivity contribution in [2.75, 3.05) is 5.32 Å². The molecule has 1 aliphatic carbocycles. The van der Waals surface area contributed by atoms with E-state index in [1.54, 1.807) is 11.8 Å². The summed E-state index contributed by atoms with van der Waals surface area (Å²) in [7, 11) is 0. The van der Waals surface area contributed by atoms with Gasteiger partial charge in [-0.2, -0.15) is 0 Å². The van der Waals surface area contributed by atoms with Crippen molar-refractivity contribution in [2.45, 2.75) is 24.7 Å². The smallest absolute Gasteiger partial charge is 0.171 e. The summed E-state index contributed by atoms with van der Waals surface area (Å²) < 4.78 is 0. The molecule has 16 heavy (non-hydrogen) atoms. The highest BCUT2D eigenvalue weighted by Crippen LogP contribution is 2.44. The zero-order valence-electron chi connectivity index (χ0n) is 9.12. The lowest BCUT2D eigenvalue weighted by Crippen LogP contribution is -2.22. The number of carbonyl (C=O) groups is 1. The Morgan fingerprint density at radius 3 is 3.00 bits per heavy atom. The molecule has 0 fully saturated rings. The molecule has 1 aromatic rings. The number of anilines is 1. The number of benzene rings is 1. The molecule has 1 aromatic carbocycles. The number of ketones is 1. The van der Waals surface area contributed by atoms with E-state index in [1.165, 1.54) is 0 Å². The Labute approximate surface area is 99.1 Å². The van der Waals surface area contributed by atoms with Crippen molar-refractivity contribution in [2.24, 2.45) is 5.92 Å². The number of Topliss-reactive ketones (excluding diaryl/α,β-unsaturated/α-hetero) is 1. The van der Waals surface area contributed by atoms with Gasteiger partial charge in [0.15, 0.2) is 5.78 Å². The summed E-state index contributed by atoms with van der Waals surface area (Å²) in [6.07, 6.45) is 1.68. The van der Waals surface area contributed by atoms with E-state index in [4.69, 9.17) is 0 Å². The average molecular weight is 231 g/mol. The summed E-state index contributed by atoms with van der Waals surface area (Å²) >= 11 is 1.62. The highest BCUT2D eigenvalue weighted by atomic mass is 32.2. The lowest BCUT2D eigenvalue weighted by Gasteiger charge is -2.29. The quantitative estimate of drug-likeness (QED) is 0.742. The summed E-state index contributed by atoms with van der Waals surface area (Å²) in [6, 6.07) is 8.15. The van der Waals surface area contributed by atoms with Crippen LogP contribution < -0.4 is 5.32 Å². The summed E-state index contributed by atoms with van der Waals surface area (Å²) in [5, 5.41) is 3.40. The summed E-state index contributed by atoms with van der Waals surface area (Å²) in [4.78, 5) is 14.0. The molecule has 0 radical (unpaired) electrons. The first kappa shape index (κ1) is 9.97. The Hall–Kier alpha value is -1.22. The van der Waals surface area contributed by atoms with Gasteiger partial charge in [-0.15, -0.1) is 0 Å². The number of nitrogens with one attached hydrogen (secondary N) is 1. The van der Waals surface area contributed by atoms with Gasteiger partial charge in [-0.25, -0.2) is 0 Å². The van der Waals surface area contributed by atoms with E-state index in [0.29, 0.717) is 18.1 Å². The molecule has 0 saturated heterocycles. The molecule has 2 nitrogen and oxygen atoms in total. The molecule has 0 amide bonds. The predicted molar refractivity (Wildman–Crippen MR) is 66.4 cm³/mol. The third-order valence-electron chi connectivity index (χ3n) is 3.00. The molecule has 0 bridgehead atoms. The number of hydrogen-bond donors (Lipinski definition) is 1. The molecule has 82 valence electrons. The van der Waals surface area contributed by atoms with Crippen molar-refractivity contribution in [1.82, 2.24) is 0 Å². The van der Waals surface area contributed by atoms with Gasteiger partial charge in [0.05, 0.1) is 10.6 Å². The number of carbonyl (C=O) groups excluding carboxylic acids is 1. The predicted octanol–water partition coefficient (Wildman–Crippen LogP) is 3.41. The lowest BCUT2D eigenvalue weighted by molar-refractivity contribution is -0.116. The van der Waals surface area contributed by atoms with E-state index in [-0.39, 0.29) is 0 Å². The first-order chi connectivity index (χ1) is 7.74. The van der Waals surface area contributed by atoms with Crippen LogP contribution in [0.25, 0.3) is 0 Å². The van der Waals surface area contributed by atoms with E-state index >= 15 is 0 Å². The Bertz CT molecular complexity index is 492. The summed E-state index contributed by atoms with van der Waals surface area (Å²) in [6.45, 7) is 2.13. The van der Waals surface area contributed by atoms with Crippen LogP contribution in [0.3, 0.4) is 0 Å². The summed E-state index contributed by atoms with van der Waals surface area (Å²) in [5.41, 5.74) is 2.25. The number of fused-ring (bicyclic) bond motifs is 1. The van der Waals surface area contributed by atoms with Gasteiger partial charge < -0.3 is 5.32 Å². The first-order valence-electron chi connectivity index (χ1n) is 5.54. The zero-order valence-corrected chi connectivity index (χ0v) is 9.93. The van der Waals surface area contributed by atoms with Crippen LogP contribution in [-0.4, -0.2) is 5.78 Å². The van der Waals surface area contributed by atoms with Crippen molar-refractivity contribution in [3.8, 4) is 0 Å². The van der Waals surface area contributed by atoms with E-state index in [2.05, 4.69) is 24.4 Å². The molecular formula is C13H13NOS. The number of para-hydroxylation sites is 1. The topological polar surface area (TPSA) is 29.1 Å². The third kappa shape index (κ3) is 1.55. The van der Waals surface area contributed by atoms with Crippen LogP contribution in [-0.2, 0) is 4.79 Å². The van der Waals surface area contributed by atoms with E-state index in [1.807, 2.05) is 12.1 Å². The number of rotatable bonds is 0. The van der Waals surface area contributed by atoms with Gasteiger partial charge in [-0.05, 0) is 24.5 Å². The maximum absolute atomic E-state index is 11.9. The van der Waals surface area contributed by atoms with Gasteiger partial charge >= 0.3 is 0 Å². The van der Waals surface area contributed by atoms with Crippen LogP contribution in [0.15, 0.2) is 39.8 Å². The molecule has 2 aliphatic rings. The van der Waals surface area contributed by atoms with Gasteiger partial charge in [0, 0.05) is 17.0 Å². The first-order valence-corrected chi connectivity index (χ1v) is 6.36. The minimum atomic E-state index is 0.292.